The van der Waals surface area contributed by atoms with Gasteiger partial charge in [0.05, 0.1) is 29.6 Å². The molecule has 0 heterocycles. The summed E-state index contributed by atoms with van der Waals surface area (Å²) in [5.41, 5.74) is 9.22. The van der Waals surface area contributed by atoms with Crippen LogP contribution in [0.2, 0.25) is 0 Å². The first-order valence-corrected chi connectivity index (χ1v) is 11.3. The van der Waals surface area contributed by atoms with E-state index in [1.807, 2.05) is 6.92 Å². The Kier molecular flexibility index (Phi) is 8.96. The van der Waals surface area contributed by atoms with Gasteiger partial charge in [0.2, 0.25) is 0 Å². The van der Waals surface area contributed by atoms with Gasteiger partial charge in [-0.2, -0.15) is 5.10 Å². The molecule has 10 heteroatoms. The van der Waals surface area contributed by atoms with Crippen molar-refractivity contribution in [3.8, 4) is 11.5 Å². The number of nitrogens with zero attached hydrogens (tertiary/aromatic N) is 1. The number of hydrogen-bond acceptors (Lipinski definition) is 6. The number of halogens is 1. The number of nitrogens with two attached hydrogens (primary N) is 1. The van der Waals surface area contributed by atoms with E-state index in [0.29, 0.717) is 39.4 Å². The second-order valence-corrected chi connectivity index (χ2v) is 7.93. The fourth-order valence-corrected chi connectivity index (χ4v) is 3.46. The highest BCUT2D eigenvalue weighted by atomic mass is 79.9. The fraction of sp³-hybridized carbons (Fsp3) is 0.120. The Morgan fingerprint density at radius 1 is 0.943 bits per heavy atom. The Morgan fingerprint density at radius 3 is 2.37 bits per heavy atom. The van der Waals surface area contributed by atoms with Crippen LogP contribution in [0.15, 0.2) is 76.3 Å². The molecule has 0 bridgehead atoms. The Balaban J connectivity index is 1.70. The average molecular weight is 539 g/mol. The molecular formula is C25H23BrN4O5. The maximum Gasteiger partial charge on any atom is 0.273 e. The molecule has 180 valence electrons. The third kappa shape index (κ3) is 7.15. The number of rotatable bonds is 10. The largest absolute Gasteiger partial charge is 0.490 e. The van der Waals surface area contributed by atoms with Crippen LogP contribution in [0, 0.1) is 0 Å². The maximum absolute atomic E-state index is 12.7. The van der Waals surface area contributed by atoms with Gasteiger partial charge in [-0.1, -0.05) is 24.3 Å². The highest BCUT2D eigenvalue weighted by molar-refractivity contribution is 9.10. The van der Waals surface area contributed by atoms with Gasteiger partial charge in [-0.3, -0.25) is 14.4 Å². The van der Waals surface area contributed by atoms with Crippen LogP contribution in [-0.2, 0) is 4.79 Å². The fourth-order valence-electron chi connectivity index (χ4n) is 2.99. The lowest BCUT2D eigenvalue weighted by Gasteiger charge is -2.11. The number of ether oxygens (including phenoxy) is 2. The molecule has 3 amide bonds. The average Bonchev–Trinajstić information content (AvgIpc) is 2.84. The van der Waals surface area contributed by atoms with E-state index in [0.717, 1.165) is 0 Å². The van der Waals surface area contributed by atoms with E-state index in [2.05, 4.69) is 31.8 Å². The van der Waals surface area contributed by atoms with Crippen LogP contribution in [-0.4, -0.2) is 37.1 Å². The van der Waals surface area contributed by atoms with Crippen LogP contribution in [0.4, 0.5) is 5.69 Å². The smallest absolute Gasteiger partial charge is 0.273 e. The number of nitrogens with one attached hydrogen (secondary N) is 2. The third-order valence-electron chi connectivity index (χ3n) is 4.56. The SMILES string of the molecule is CCOc1cc(/C=N\NC(=O)c2ccccc2NC(=O)c2ccccc2Br)ccc1OCC(N)=O. The summed E-state index contributed by atoms with van der Waals surface area (Å²) >= 11 is 3.35. The lowest BCUT2D eigenvalue weighted by atomic mass is 10.1. The van der Waals surface area contributed by atoms with Gasteiger partial charge < -0.3 is 20.5 Å². The summed E-state index contributed by atoms with van der Waals surface area (Å²) in [7, 11) is 0. The number of carbonyl (C=O) groups excluding carboxylic acids is 3. The third-order valence-corrected chi connectivity index (χ3v) is 5.25. The van der Waals surface area contributed by atoms with Gasteiger partial charge in [-0.05, 0) is 70.9 Å². The quantitative estimate of drug-likeness (QED) is 0.267. The molecule has 4 N–H and O–H groups in total. The molecule has 0 aliphatic heterocycles. The zero-order valence-corrected chi connectivity index (χ0v) is 20.4. The number of carbonyl (C=O) groups is 3. The molecule has 0 fully saturated rings. The number of hydrazone groups is 1. The van der Waals surface area contributed by atoms with E-state index in [4.69, 9.17) is 15.2 Å². The van der Waals surface area contributed by atoms with Crippen LogP contribution in [0.3, 0.4) is 0 Å². The van der Waals surface area contributed by atoms with Gasteiger partial charge in [0.1, 0.15) is 0 Å². The summed E-state index contributed by atoms with van der Waals surface area (Å²) in [5, 5.41) is 6.76. The molecular weight excluding hydrogens is 516 g/mol. The number of anilines is 1. The number of benzene rings is 3. The molecule has 3 rings (SSSR count). The lowest BCUT2D eigenvalue weighted by molar-refractivity contribution is -0.119. The molecule has 0 aromatic heterocycles. The number of primary amides is 1. The predicted molar refractivity (Wildman–Crippen MR) is 136 cm³/mol. The van der Waals surface area contributed by atoms with Crippen molar-refractivity contribution < 1.29 is 23.9 Å². The Hall–Kier alpha value is -4.18. The van der Waals surface area contributed by atoms with Crippen molar-refractivity contribution in [2.45, 2.75) is 6.92 Å². The second kappa shape index (κ2) is 12.3. The molecule has 0 aliphatic carbocycles. The summed E-state index contributed by atoms with van der Waals surface area (Å²) in [4.78, 5) is 36.4. The molecule has 0 saturated carbocycles. The van der Waals surface area contributed by atoms with Gasteiger partial charge in [-0.15, -0.1) is 0 Å². The van der Waals surface area contributed by atoms with Crippen molar-refractivity contribution >= 4 is 45.6 Å². The van der Waals surface area contributed by atoms with Crippen LogP contribution in [0.5, 0.6) is 11.5 Å². The molecule has 0 atom stereocenters. The van der Waals surface area contributed by atoms with Crippen LogP contribution < -0.4 is 25.9 Å². The molecule has 3 aromatic rings. The first-order valence-electron chi connectivity index (χ1n) is 10.5. The maximum atomic E-state index is 12.7. The second-order valence-electron chi connectivity index (χ2n) is 7.07. The topological polar surface area (TPSA) is 132 Å². The van der Waals surface area contributed by atoms with Crippen LogP contribution in [0.1, 0.15) is 33.2 Å². The standard InChI is InChI=1S/C25H23BrN4O5/c1-2-34-22-13-16(11-12-21(22)35-15-23(27)31)14-28-30-25(33)18-8-4-6-10-20(18)29-24(32)17-7-3-5-9-19(17)26/h3-14H,2,15H2,1H3,(H2,27,31)(H,29,32)(H,30,33)/b28-14-. The zero-order chi connectivity index (χ0) is 25.2. The summed E-state index contributed by atoms with van der Waals surface area (Å²) < 4.78 is 11.5. The van der Waals surface area contributed by atoms with Crippen LogP contribution >= 0.6 is 15.9 Å². The van der Waals surface area contributed by atoms with Gasteiger partial charge in [0, 0.05) is 4.47 Å². The molecule has 0 saturated heterocycles. The molecule has 0 spiro atoms. The van der Waals surface area contributed by atoms with E-state index < -0.39 is 11.8 Å². The highest BCUT2D eigenvalue weighted by Crippen LogP contribution is 2.28. The zero-order valence-electron chi connectivity index (χ0n) is 18.8. The van der Waals surface area contributed by atoms with Gasteiger partial charge >= 0.3 is 0 Å². The lowest BCUT2D eigenvalue weighted by Crippen LogP contribution is -2.21. The van der Waals surface area contributed by atoms with Gasteiger partial charge in [0.25, 0.3) is 17.7 Å². The summed E-state index contributed by atoms with van der Waals surface area (Å²) in [5.74, 6) is -0.696. The molecule has 35 heavy (non-hydrogen) atoms. The van der Waals surface area contributed by atoms with Crippen molar-refractivity contribution in [3.05, 3.63) is 87.9 Å². The van der Waals surface area contributed by atoms with Crippen molar-refractivity contribution in [1.82, 2.24) is 5.43 Å². The Morgan fingerprint density at radius 2 is 1.66 bits per heavy atom. The summed E-state index contributed by atoms with van der Waals surface area (Å²) in [6.07, 6.45) is 1.43. The number of para-hydroxylation sites is 1. The van der Waals surface area contributed by atoms with E-state index in [1.165, 1.54) is 6.21 Å². The summed E-state index contributed by atoms with van der Waals surface area (Å²) in [6.45, 7) is 1.92. The van der Waals surface area contributed by atoms with Gasteiger partial charge in [0.15, 0.2) is 18.1 Å². The van der Waals surface area contributed by atoms with E-state index in [1.54, 1.807) is 66.7 Å². The first kappa shape index (κ1) is 25.4. The monoisotopic (exact) mass is 538 g/mol. The van der Waals surface area contributed by atoms with Gasteiger partial charge in [-0.25, -0.2) is 5.43 Å². The van der Waals surface area contributed by atoms with Crippen molar-refractivity contribution in [1.29, 1.82) is 0 Å². The first-order chi connectivity index (χ1) is 16.9. The highest BCUT2D eigenvalue weighted by Gasteiger charge is 2.15. The molecule has 3 aromatic carbocycles. The molecule has 0 radical (unpaired) electrons. The molecule has 0 unspecified atom stereocenters. The number of hydrogen-bond donors (Lipinski definition) is 3. The Bertz CT molecular complexity index is 1260. The minimum Gasteiger partial charge on any atom is -0.490 e. The van der Waals surface area contributed by atoms with Crippen molar-refractivity contribution in [3.63, 3.8) is 0 Å². The minimum atomic E-state index is -0.603. The van der Waals surface area contributed by atoms with Crippen molar-refractivity contribution in [2.75, 3.05) is 18.5 Å². The number of amides is 3. The predicted octanol–water partition coefficient (Wildman–Crippen LogP) is 3.73. The molecule has 9 nitrogen and oxygen atoms in total. The summed E-state index contributed by atoms with van der Waals surface area (Å²) in [6, 6.07) is 18.6. The van der Waals surface area contributed by atoms with E-state index in [-0.39, 0.29) is 18.1 Å². The normalized spacial score (nSPS) is 10.6. The Labute approximate surface area is 210 Å². The van der Waals surface area contributed by atoms with E-state index >= 15 is 0 Å². The minimum absolute atomic E-state index is 0.246. The molecule has 0 aliphatic rings. The van der Waals surface area contributed by atoms with E-state index in [9.17, 15) is 14.4 Å². The van der Waals surface area contributed by atoms with Crippen LogP contribution in [0.25, 0.3) is 0 Å². The van der Waals surface area contributed by atoms with Crippen molar-refractivity contribution in [2.24, 2.45) is 10.8 Å².